The van der Waals surface area contributed by atoms with Crippen molar-refractivity contribution in [1.29, 1.82) is 0 Å². The van der Waals surface area contributed by atoms with E-state index >= 15 is 0 Å². The molecule has 18 heavy (non-hydrogen) atoms. The molecular formula is C12H17ClFNO2S. The molecule has 0 unspecified atom stereocenters. The van der Waals surface area contributed by atoms with Crippen molar-refractivity contribution >= 4 is 27.3 Å². The Morgan fingerprint density at radius 2 is 1.94 bits per heavy atom. The maximum atomic E-state index is 13.6. The van der Waals surface area contributed by atoms with Gasteiger partial charge in [-0.2, -0.15) is 0 Å². The number of halogens is 2. The van der Waals surface area contributed by atoms with E-state index in [0.29, 0.717) is 18.7 Å². The Balaban J connectivity index is 2.93. The van der Waals surface area contributed by atoms with Gasteiger partial charge in [0.2, 0.25) is 10.0 Å². The zero-order valence-electron chi connectivity index (χ0n) is 10.3. The second-order valence-corrected chi connectivity index (χ2v) is 6.22. The smallest absolute Gasteiger partial charge is 0.235 e. The fraction of sp³-hybridized carbons (Fsp3) is 0.500. The van der Waals surface area contributed by atoms with Gasteiger partial charge >= 0.3 is 0 Å². The van der Waals surface area contributed by atoms with Gasteiger partial charge < -0.3 is 0 Å². The van der Waals surface area contributed by atoms with Crippen molar-refractivity contribution in [1.82, 2.24) is 0 Å². The van der Waals surface area contributed by atoms with Gasteiger partial charge in [0.25, 0.3) is 0 Å². The lowest BCUT2D eigenvalue weighted by Gasteiger charge is -2.23. The van der Waals surface area contributed by atoms with E-state index in [1.54, 1.807) is 13.0 Å². The molecular weight excluding hydrogens is 277 g/mol. The quantitative estimate of drug-likeness (QED) is 0.572. The summed E-state index contributed by atoms with van der Waals surface area (Å²) in [6, 6.07) is 5.88. The Bertz CT molecular complexity index is 479. The van der Waals surface area contributed by atoms with Crippen LogP contribution in [-0.2, 0) is 10.0 Å². The van der Waals surface area contributed by atoms with Crippen molar-refractivity contribution in [3.63, 3.8) is 0 Å². The highest BCUT2D eigenvalue weighted by Gasteiger charge is 2.22. The molecule has 6 heteroatoms. The molecule has 0 bridgehead atoms. The molecule has 0 aromatic heterocycles. The number of alkyl halides is 1. The first-order chi connectivity index (χ1) is 8.53. The van der Waals surface area contributed by atoms with Crippen LogP contribution in [0.4, 0.5) is 10.1 Å². The molecule has 0 saturated carbocycles. The molecule has 3 nitrogen and oxygen atoms in total. The molecule has 0 fully saturated rings. The predicted molar refractivity (Wildman–Crippen MR) is 73.2 cm³/mol. The number of nitrogens with zero attached hydrogens (tertiary/aromatic N) is 1. The van der Waals surface area contributed by atoms with Gasteiger partial charge in [0.1, 0.15) is 5.82 Å². The SMILES string of the molecule is CCN(c1ccccc1F)S(=O)(=O)CCCCCl. The third-order valence-corrected chi connectivity index (χ3v) is 4.73. The number of hydrogen-bond donors (Lipinski definition) is 0. The van der Waals surface area contributed by atoms with E-state index in [0.717, 1.165) is 4.31 Å². The van der Waals surface area contributed by atoms with Gasteiger partial charge in [-0.1, -0.05) is 12.1 Å². The summed E-state index contributed by atoms with van der Waals surface area (Å²) < 4.78 is 38.9. The van der Waals surface area contributed by atoms with Crippen LogP contribution in [0.15, 0.2) is 24.3 Å². The molecule has 0 saturated heterocycles. The Morgan fingerprint density at radius 3 is 2.50 bits per heavy atom. The molecule has 0 N–H and O–H groups in total. The lowest BCUT2D eigenvalue weighted by Crippen LogP contribution is -2.33. The fourth-order valence-electron chi connectivity index (χ4n) is 1.66. The monoisotopic (exact) mass is 293 g/mol. The summed E-state index contributed by atoms with van der Waals surface area (Å²) in [4.78, 5) is 0. The minimum Gasteiger partial charge on any atom is -0.268 e. The van der Waals surface area contributed by atoms with Crippen molar-refractivity contribution in [2.24, 2.45) is 0 Å². The first kappa shape index (κ1) is 15.2. The number of hydrogen-bond acceptors (Lipinski definition) is 2. The zero-order chi connectivity index (χ0) is 13.6. The summed E-state index contributed by atoms with van der Waals surface area (Å²) in [6.07, 6.45) is 1.12. The third-order valence-electron chi connectivity index (χ3n) is 2.53. The highest BCUT2D eigenvalue weighted by molar-refractivity contribution is 7.92. The molecule has 102 valence electrons. The second-order valence-electron chi connectivity index (χ2n) is 3.83. The van der Waals surface area contributed by atoms with Gasteiger partial charge in [-0.15, -0.1) is 11.6 Å². The molecule has 0 spiro atoms. The van der Waals surface area contributed by atoms with E-state index in [-0.39, 0.29) is 18.0 Å². The Hall–Kier alpha value is -0.810. The first-order valence-corrected chi connectivity index (χ1v) is 7.98. The van der Waals surface area contributed by atoms with E-state index < -0.39 is 15.8 Å². The molecule has 0 heterocycles. The van der Waals surface area contributed by atoms with Crippen LogP contribution in [0.3, 0.4) is 0 Å². The molecule has 0 aliphatic carbocycles. The Kier molecular flexibility index (Phi) is 5.88. The molecule has 1 aromatic rings. The molecule has 0 radical (unpaired) electrons. The van der Waals surface area contributed by atoms with E-state index in [2.05, 4.69) is 0 Å². The van der Waals surface area contributed by atoms with Crippen molar-refractivity contribution < 1.29 is 12.8 Å². The van der Waals surface area contributed by atoms with Crippen molar-refractivity contribution in [2.75, 3.05) is 22.5 Å². The molecule has 1 aromatic carbocycles. The summed E-state index contributed by atoms with van der Waals surface area (Å²) in [6.45, 7) is 1.90. The van der Waals surface area contributed by atoms with E-state index in [4.69, 9.17) is 11.6 Å². The largest absolute Gasteiger partial charge is 0.268 e. The molecule has 0 aliphatic heterocycles. The van der Waals surface area contributed by atoms with Crippen LogP contribution in [-0.4, -0.2) is 26.6 Å². The normalized spacial score (nSPS) is 11.5. The predicted octanol–water partition coefficient (Wildman–Crippen LogP) is 3.00. The first-order valence-electron chi connectivity index (χ1n) is 5.84. The Labute approximate surface area is 113 Å². The average Bonchev–Trinajstić information content (AvgIpc) is 2.32. The minimum absolute atomic E-state index is 0.0120. The van der Waals surface area contributed by atoms with Crippen LogP contribution >= 0.6 is 11.6 Å². The number of sulfonamides is 1. The number of unbranched alkanes of at least 4 members (excludes halogenated alkanes) is 1. The van der Waals surface area contributed by atoms with Gasteiger partial charge in [0, 0.05) is 12.4 Å². The topological polar surface area (TPSA) is 37.4 Å². The van der Waals surface area contributed by atoms with Crippen molar-refractivity contribution in [3.05, 3.63) is 30.1 Å². The number of rotatable bonds is 7. The lowest BCUT2D eigenvalue weighted by atomic mass is 10.3. The molecule has 0 aliphatic rings. The molecule has 1 rings (SSSR count). The zero-order valence-corrected chi connectivity index (χ0v) is 11.8. The van der Waals surface area contributed by atoms with Gasteiger partial charge in [-0.25, -0.2) is 12.8 Å². The molecule has 0 atom stereocenters. The highest BCUT2D eigenvalue weighted by atomic mass is 35.5. The van der Waals surface area contributed by atoms with Gasteiger partial charge in [0.05, 0.1) is 11.4 Å². The van der Waals surface area contributed by atoms with Gasteiger partial charge in [0.15, 0.2) is 0 Å². The summed E-state index contributed by atoms with van der Waals surface area (Å²) in [7, 11) is -3.49. The van der Waals surface area contributed by atoms with Crippen molar-refractivity contribution in [3.8, 4) is 0 Å². The summed E-state index contributed by atoms with van der Waals surface area (Å²) in [5.41, 5.74) is 0.103. The number of anilines is 1. The van der Waals surface area contributed by atoms with Gasteiger partial charge in [-0.05, 0) is 31.9 Å². The lowest BCUT2D eigenvalue weighted by molar-refractivity contribution is 0.583. The summed E-state index contributed by atoms with van der Waals surface area (Å²) in [5.74, 6) is -0.108. The maximum Gasteiger partial charge on any atom is 0.235 e. The van der Waals surface area contributed by atoms with E-state index in [9.17, 15) is 12.8 Å². The highest BCUT2D eigenvalue weighted by Crippen LogP contribution is 2.22. The second kappa shape index (κ2) is 6.95. The fourth-order valence-corrected chi connectivity index (χ4v) is 3.48. The Morgan fingerprint density at radius 1 is 1.28 bits per heavy atom. The van der Waals surface area contributed by atoms with E-state index in [1.807, 2.05) is 0 Å². The van der Waals surface area contributed by atoms with Crippen LogP contribution in [0.5, 0.6) is 0 Å². The summed E-state index contributed by atoms with van der Waals surface area (Å²) >= 11 is 5.52. The standard InChI is InChI=1S/C12H17ClFNO2S/c1-2-15(12-8-4-3-7-11(12)14)18(16,17)10-6-5-9-13/h3-4,7-8H,2,5-6,9-10H2,1H3. The number of benzene rings is 1. The average molecular weight is 294 g/mol. The number of para-hydroxylation sites is 1. The minimum atomic E-state index is -3.49. The van der Waals surface area contributed by atoms with Crippen LogP contribution in [0.2, 0.25) is 0 Å². The van der Waals surface area contributed by atoms with Crippen LogP contribution in [0, 0.1) is 5.82 Å². The van der Waals surface area contributed by atoms with Crippen LogP contribution < -0.4 is 4.31 Å². The van der Waals surface area contributed by atoms with Gasteiger partial charge in [-0.3, -0.25) is 4.31 Å². The maximum absolute atomic E-state index is 13.6. The molecule has 0 amide bonds. The van der Waals surface area contributed by atoms with E-state index in [1.165, 1.54) is 18.2 Å². The van der Waals surface area contributed by atoms with Crippen molar-refractivity contribution in [2.45, 2.75) is 19.8 Å². The van der Waals surface area contributed by atoms with Crippen LogP contribution in [0.25, 0.3) is 0 Å². The van der Waals surface area contributed by atoms with Crippen LogP contribution in [0.1, 0.15) is 19.8 Å². The third kappa shape index (κ3) is 3.85. The summed E-state index contributed by atoms with van der Waals surface area (Å²) in [5, 5.41) is 0.